The van der Waals surface area contributed by atoms with E-state index in [-0.39, 0.29) is 24.4 Å². The molecule has 0 heterocycles. The highest BCUT2D eigenvalue weighted by Crippen LogP contribution is 2.20. The molecule has 2 aromatic rings. The van der Waals surface area contributed by atoms with Gasteiger partial charge in [-0.3, -0.25) is 0 Å². The largest absolute Gasteiger partial charge is 0.497 e. The van der Waals surface area contributed by atoms with Crippen molar-refractivity contribution in [2.75, 3.05) is 13.7 Å². The molecule has 0 saturated heterocycles. The van der Waals surface area contributed by atoms with Gasteiger partial charge >= 0.3 is 6.03 Å². The van der Waals surface area contributed by atoms with Crippen LogP contribution in [0.2, 0.25) is 0 Å². The number of aliphatic hydroxyl groups is 1. The van der Waals surface area contributed by atoms with Gasteiger partial charge in [-0.25, -0.2) is 9.18 Å². The molecule has 0 aliphatic rings. The summed E-state index contributed by atoms with van der Waals surface area (Å²) in [6.07, 6.45) is -0.173. The number of halogens is 1. The first-order valence-electron chi connectivity index (χ1n) is 8.15. The van der Waals surface area contributed by atoms with E-state index < -0.39 is 6.10 Å². The Morgan fingerprint density at radius 1 is 1.12 bits per heavy atom. The van der Waals surface area contributed by atoms with Crippen molar-refractivity contribution in [1.82, 2.24) is 10.6 Å². The maximum atomic E-state index is 12.9. The number of methoxy groups -OCH3 is 1. The Bertz CT molecular complexity index is 674. The van der Waals surface area contributed by atoms with Crippen LogP contribution in [-0.4, -0.2) is 24.8 Å². The second-order valence-corrected chi connectivity index (χ2v) is 5.66. The molecule has 2 rings (SSSR count). The molecule has 0 bridgehead atoms. The van der Waals surface area contributed by atoms with Gasteiger partial charge in [0.05, 0.1) is 19.3 Å². The van der Waals surface area contributed by atoms with Crippen molar-refractivity contribution >= 4 is 6.03 Å². The van der Waals surface area contributed by atoms with Crippen molar-refractivity contribution < 1.29 is 19.0 Å². The summed E-state index contributed by atoms with van der Waals surface area (Å²) in [5, 5.41) is 15.6. The van der Waals surface area contributed by atoms with Gasteiger partial charge < -0.3 is 20.5 Å². The van der Waals surface area contributed by atoms with Crippen molar-refractivity contribution in [2.24, 2.45) is 0 Å². The number of carbonyl (C=O) groups is 1. The van der Waals surface area contributed by atoms with Crippen molar-refractivity contribution in [3.63, 3.8) is 0 Å². The van der Waals surface area contributed by atoms with Gasteiger partial charge in [0.2, 0.25) is 0 Å². The number of nitrogens with one attached hydrogen (secondary N) is 2. The van der Waals surface area contributed by atoms with Crippen LogP contribution in [0.4, 0.5) is 9.18 Å². The van der Waals surface area contributed by atoms with E-state index in [4.69, 9.17) is 4.74 Å². The summed E-state index contributed by atoms with van der Waals surface area (Å²) in [7, 11) is 1.60. The number of hydrogen-bond donors (Lipinski definition) is 3. The molecule has 0 radical (unpaired) electrons. The monoisotopic (exact) mass is 346 g/mol. The van der Waals surface area contributed by atoms with Gasteiger partial charge in [-0.15, -0.1) is 0 Å². The third-order valence-electron chi connectivity index (χ3n) is 3.94. The fourth-order valence-electron chi connectivity index (χ4n) is 2.46. The third-order valence-corrected chi connectivity index (χ3v) is 3.94. The van der Waals surface area contributed by atoms with Crippen molar-refractivity contribution in [1.29, 1.82) is 0 Å². The standard InChI is InChI=1S/C19H23FN2O3/c1-3-17(13-6-10-16(25-2)11-7-13)22-19(24)21-12-18(23)14-4-8-15(20)9-5-14/h4-11,17-18,23H,3,12H2,1-2H3,(H2,21,22,24)/t17-,18-/m1/s1. The number of carbonyl (C=O) groups excluding carboxylic acids is 1. The highest BCUT2D eigenvalue weighted by molar-refractivity contribution is 5.74. The molecular weight excluding hydrogens is 323 g/mol. The lowest BCUT2D eigenvalue weighted by Gasteiger charge is -2.19. The lowest BCUT2D eigenvalue weighted by molar-refractivity contribution is 0.172. The molecule has 0 aliphatic carbocycles. The second-order valence-electron chi connectivity index (χ2n) is 5.66. The topological polar surface area (TPSA) is 70.6 Å². The molecule has 134 valence electrons. The zero-order valence-corrected chi connectivity index (χ0v) is 14.3. The summed E-state index contributed by atoms with van der Waals surface area (Å²) >= 11 is 0. The maximum absolute atomic E-state index is 12.9. The van der Waals surface area contributed by atoms with Crippen LogP contribution in [0, 0.1) is 5.82 Å². The van der Waals surface area contributed by atoms with Crippen LogP contribution < -0.4 is 15.4 Å². The van der Waals surface area contributed by atoms with Crippen molar-refractivity contribution in [3.8, 4) is 5.75 Å². The third kappa shape index (κ3) is 5.46. The number of ether oxygens (including phenoxy) is 1. The minimum Gasteiger partial charge on any atom is -0.497 e. The Labute approximate surface area is 146 Å². The summed E-state index contributed by atoms with van der Waals surface area (Å²) in [6.45, 7) is 2.01. The van der Waals surface area contributed by atoms with Crippen molar-refractivity contribution in [2.45, 2.75) is 25.5 Å². The lowest BCUT2D eigenvalue weighted by atomic mass is 10.0. The Hall–Kier alpha value is -2.60. The van der Waals surface area contributed by atoms with Gasteiger partial charge in [0, 0.05) is 6.54 Å². The fourth-order valence-corrected chi connectivity index (χ4v) is 2.46. The zero-order chi connectivity index (χ0) is 18.2. The molecule has 3 N–H and O–H groups in total. The minimum atomic E-state index is -0.896. The average Bonchev–Trinajstić information content (AvgIpc) is 2.65. The first-order valence-corrected chi connectivity index (χ1v) is 8.15. The van der Waals surface area contributed by atoms with E-state index in [2.05, 4.69) is 10.6 Å². The molecule has 25 heavy (non-hydrogen) atoms. The zero-order valence-electron chi connectivity index (χ0n) is 14.3. The maximum Gasteiger partial charge on any atom is 0.315 e. The van der Waals surface area contributed by atoms with Crippen LogP contribution >= 0.6 is 0 Å². The molecule has 0 unspecified atom stereocenters. The molecule has 2 amide bonds. The smallest absolute Gasteiger partial charge is 0.315 e. The van der Waals surface area contributed by atoms with E-state index in [0.717, 1.165) is 17.7 Å². The lowest BCUT2D eigenvalue weighted by Crippen LogP contribution is -2.39. The van der Waals surface area contributed by atoms with Gasteiger partial charge in [-0.1, -0.05) is 31.2 Å². The Kier molecular flexibility index (Phi) is 6.77. The van der Waals surface area contributed by atoms with E-state index in [1.165, 1.54) is 24.3 Å². The highest BCUT2D eigenvalue weighted by atomic mass is 19.1. The predicted octanol–water partition coefficient (Wildman–Crippen LogP) is 3.32. The summed E-state index contributed by atoms with van der Waals surface area (Å²) in [4.78, 5) is 12.1. The molecule has 5 nitrogen and oxygen atoms in total. The average molecular weight is 346 g/mol. The first-order chi connectivity index (χ1) is 12.0. The Morgan fingerprint density at radius 3 is 2.28 bits per heavy atom. The van der Waals surface area contributed by atoms with Crippen molar-refractivity contribution in [3.05, 3.63) is 65.5 Å². The van der Waals surface area contributed by atoms with Gasteiger partial charge in [0.25, 0.3) is 0 Å². The minimum absolute atomic E-state index is 0.0382. The number of rotatable bonds is 7. The van der Waals surface area contributed by atoms with Gasteiger partial charge in [-0.2, -0.15) is 0 Å². The molecule has 0 spiro atoms. The summed E-state index contributed by atoms with van der Waals surface area (Å²) < 4.78 is 18.0. The van der Waals surface area contributed by atoms with Gasteiger partial charge in [0.15, 0.2) is 0 Å². The van der Waals surface area contributed by atoms with E-state index in [0.29, 0.717) is 5.56 Å². The fraction of sp³-hybridized carbons (Fsp3) is 0.316. The molecular formula is C19H23FN2O3. The van der Waals surface area contributed by atoms with E-state index in [1.54, 1.807) is 7.11 Å². The Morgan fingerprint density at radius 2 is 1.72 bits per heavy atom. The number of amides is 2. The summed E-state index contributed by atoms with van der Waals surface area (Å²) in [5.74, 6) is 0.386. The molecule has 2 atom stereocenters. The quantitative estimate of drug-likeness (QED) is 0.720. The first kappa shape index (κ1) is 18.7. The Balaban J connectivity index is 1.87. The second kappa shape index (κ2) is 9.03. The van der Waals surface area contributed by atoms with Crippen LogP contribution in [-0.2, 0) is 0 Å². The molecule has 0 fully saturated rings. The highest BCUT2D eigenvalue weighted by Gasteiger charge is 2.14. The number of benzene rings is 2. The molecule has 0 aromatic heterocycles. The van der Waals surface area contributed by atoms with Crippen LogP contribution in [0.15, 0.2) is 48.5 Å². The van der Waals surface area contributed by atoms with E-state index in [1.807, 2.05) is 31.2 Å². The SMILES string of the molecule is CC[C@@H](NC(=O)NC[C@@H](O)c1ccc(F)cc1)c1ccc(OC)cc1. The van der Waals surface area contributed by atoms with Crippen LogP contribution in [0.1, 0.15) is 36.6 Å². The molecule has 6 heteroatoms. The van der Waals surface area contributed by atoms with Crippen LogP contribution in [0.25, 0.3) is 0 Å². The summed E-state index contributed by atoms with van der Waals surface area (Å²) in [5.41, 5.74) is 1.52. The number of hydrogen-bond acceptors (Lipinski definition) is 3. The predicted molar refractivity (Wildman–Crippen MR) is 93.9 cm³/mol. The number of urea groups is 1. The number of aliphatic hydroxyl groups excluding tert-OH is 1. The molecule has 0 aliphatic heterocycles. The molecule has 0 saturated carbocycles. The van der Waals surface area contributed by atoms with Crippen LogP contribution in [0.5, 0.6) is 5.75 Å². The van der Waals surface area contributed by atoms with E-state index >= 15 is 0 Å². The molecule has 2 aromatic carbocycles. The normalized spacial score (nSPS) is 13.0. The van der Waals surface area contributed by atoms with E-state index in [9.17, 15) is 14.3 Å². The van der Waals surface area contributed by atoms with Crippen LogP contribution in [0.3, 0.4) is 0 Å². The van der Waals surface area contributed by atoms with Gasteiger partial charge in [-0.05, 0) is 41.8 Å². The summed E-state index contributed by atoms with van der Waals surface area (Å²) in [6, 6.07) is 12.5. The van der Waals surface area contributed by atoms with Gasteiger partial charge in [0.1, 0.15) is 11.6 Å².